The van der Waals surface area contributed by atoms with Gasteiger partial charge in [-0.25, -0.2) is 0 Å². The van der Waals surface area contributed by atoms with Crippen LogP contribution in [0.2, 0.25) is 0 Å². The molecule has 1 aromatic rings. The van der Waals surface area contributed by atoms with Crippen LogP contribution < -0.4 is 11.1 Å². The molecule has 15 heavy (non-hydrogen) atoms. The van der Waals surface area contributed by atoms with E-state index in [2.05, 4.69) is 15.5 Å². The van der Waals surface area contributed by atoms with Crippen LogP contribution in [0.5, 0.6) is 0 Å². The molecular formula is C9H16N4O2. The predicted molar refractivity (Wildman–Crippen MR) is 56.2 cm³/mol. The summed E-state index contributed by atoms with van der Waals surface area (Å²) >= 11 is 0. The van der Waals surface area contributed by atoms with E-state index >= 15 is 0 Å². The van der Waals surface area contributed by atoms with Crippen LogP contribution >= 0.6 is 0 Å². The van der Waals surface area contributed by atoms with Gasteiger partial charge in [-0.1, -0.05) is 6.92 Å². The van der Waals surface area contributed by atoms with Gasteiger partial charge in [0.05, 0.1) is 5.60 Å². The molecule has 0 spiro atoms. The van der Waals surface area contributed by atoms with Gasteiger partial charge in [-0.05, 0) is 13.3 Å². The first-order chi connectivity index (χ1) is 6.94. The standard InChI is InChI=1S/C9H16N4O2/c1-3-9(2,15)5-11-8(14)6-4-7(10)13-12-6/h4,15H,3,5H2,1-2H3,(H,11,14)(H3,10,12,13). The van der Waals surface area contributed by atoms with Crippen LogP contribution in [-0.4, -0.2) is 33.4 Å². The Hall–Kier alpha value is -1.56. The summed E-state index contributed by atoms with van der Waals surface area (Å²) in [5, 5.41) is 18.4. The molecular weight excluding hydrogens is 196 g/mol. The predicted octanol–water partition coefficient (Wildman–Crippen LogP) is -0.117. The summed E-state index contributed by atoms with van der Waals surface area (Å²) in [5.41, 5.74) is 4.76. The van der Waals surface area contributed by atoms with Gasteiger partial charge in [0.2, 0.25) is 0 Å². The lowest BCUT2D eigenvalue weighted by molar-refractivity contribution is 0.0517. The second-order valence-corrected chi connectivity index (χ2v) is 3.74. The van der Waals surface area contributed by atoms with E-state index in [-0.39, 0.29) is 18.3 Å². The Morgan fingerprint density at radius 1 is 1.80 bits per heavy atom. The third-order valence-electron chi connectivity index (χ3n) is 2.23. The summed E-state index contributed by atoms with van der Waals surface area (Å²) in [7, 11) is 0. The number of H-pyrrole nitrogens is 1. The maximum Gasteiger partial charge on any atom is 0.269 e. The molecule has 0 saturated carbocycles. The fourth-order valence-electron chi connectivity index (χ4n) is 0.944. The average Bonchev–Trinajstić information content (AvgIpc) is 2.61. The summed E-state index contributed by atoms with van der Waals surface area (Å²) in [6.45, 7) is 3.70. The number of nitrogens with one attached hydrogen (secondary N) is 2. The lowest BCUT2D eigenvalue weighted by Crippen LogP contribution is -2.40. The molecule has 5 N–H and O–H groups in total. The van der Waals surface area contributed by atoms with Crippen molar-refractivity contribution < 1.29 is 9.90 Å². The average molecular weight is 212 g/mol. The van der Waals surface area contributed by atoms with Crippen molar-refractivity contribution in [3.63, 3.8) is 0 Å². The third-order valence-corrected chi connectivity index (χ3v) is 2.23. The topological polar surface area (TPSA) is 104 Å². The summed E-state index contributed by atoms with van der Waals surface area (Å²) in [6.07, 6.45) is 0.568. The smallest absolute Gasteiger partial charge is 0.269 e. The molecule has 1 amide bonds. The molecule has 1 unspecified atom stereocenters. The minimum atomic E-state index is -0.888. The third kappa shape index (κ3) is 3.25. The van der Waals surface area contributed by atoms with Crippen molar-refractivity contribution in [2.45, 2.75) is 25.9 Å². The lowest BCUT2D eigenvalue weighted by atomic mass is 10.0. The minimum absolute atomic E-state index is 0.196. The van der Waals surface area contributed by atoms with Crippen LogP contribution in [0.25, 0.3) is 0 Å². The number of nitrogens with two attached hydrogens (primary N) is 1. The first-order valence-corrected chi connectivity index (χ1v) is 4.76. The van der Waals surface area contributed by atoms with Crippen LogP contribution in [-0.2, 0) is 0 Å². The molecule has 0 aliphatic heterocycles. The van der Waals surface area contributed by atoms with E-state index in [1.807, 2.05) is 6.92 Å². The Kier molecular flexibility index (Phi) is 3.31. The van der Waals surface area contributed by atoms with Crippen LogP contribution in [0, 0.1) is 0 Å². The molecule has 0 aromatic carbocycles. The number of aliphatic hydroxyl groups is 1. The highest BCUT2D eigenvalue weighted by Gasteiger charge is 2.19. The number of anilines is 1. The molecule has 84 valence electrons. The number of amides is 1. The van der Waals surface area contributed by atoms with Crippen molar-refractivity contribution in [2.75, 3.05) is 12.3 Å². The van der Waals surface area contributed by atoms with Gasteiger partial charge in [0.1, 0.15) is 11.5 Å². The van der Waals surface area contributed by atoms with E-state index in [1.54, 1.807) is 6.92 Å². The molecule has 6 nitrogen and oxygen atoms in total. The Morgan fingerprint density at radius 2 is 2.47 bits per heavy atom. The summed E-state index contributed by atoms with van der Waals surface area (Å²) in [5.74, 6) is -0.0599. The number of nitrogens with zero attached hydrogens (tertiary/aromatic N) is 1. The maximum absolute atomic E-state index is 11.5. The number of carbonyl (C=O) groups is 1. The maximum atomic E-state index is 11.5. The highest BCUT2D eigenvalue weighted by Crippen LogP contribution is 2.07. The van der Waals surface area contributed by atoms with Crippen molar-refractivity contribution in [1.82, 2.24) is 15.5 Å². The van der Waals surface area contributed by atoms with Gasteiger partial charge in [0.15, 0.2) is 0 Å². The Balaban J connectivity index is 2.50. The van der Waals surface area contributed by atoms with Crippen LogP contribution in [0.4, 0.5) is 5.82 Å². The van der Waals surface area contributed by atoms with Crippen molar-refractivity contribution >= 4 is 11.7 Å². The van der Waals surface area contributed by atoms with Gasteiger partial charge in [0, 0.05) is 12.6 Å². The number of nitrogen functional groups attached to an aromatic ring is 1. The summed E-state index contributed by atoms with van der Waals surface area (Å²) in [6, 6.07) is 1.44. The van der Waals surface area contributed by atoms with Gasteiger partial charge in [0.25, 0.3) is 5.91 Å². The molecule has 1 heterocycles. The Labute approximate surface area is 87.9 Å². The summed E-state index contributed by atoms with van der Waals surface area (Å²) < 4.78 is 0. The number of aromatic amines is 1. The zero-order valence-electron chi connectivity index (χ0n) is 8.87. The second-order valence-electron chi connectivity index (χ2n) is 3.74. The molecule has 1 atom stereocenters. The molecule has 1 rings (SSSR count). The SMILES string of the molecule is CCC(C)(O)CNC(=O)c1cc(N)n[nH]1. The Morgan fingerprint density at radius 3 is 2.93 bits per heavy atom. The van der Waals surface area contributed by atoms with Gasteiger partial charge in [-0.2, -0.15) is 5.10 Å². The van der Waals surface area contributed by atoms with Gasteiger partial charge in [-0.3, -0.25) is 9.89 Å². The fraction of sp³-hybridized carbons (Fsp3) is 0.556. The first-order valence-electron chi connectivity index (χ1n) is 4.76. The largest absolute Gasteiger partial charge is 0.388 e. The minimum Gasteiger partial charge on any atom is -0.388 e. The number of aromatic nitrogens is 2. The van der Waals surface area contributed by atoms with Gasteiger partial charge < -0.3 is 16.2 Å². The molecule has 0 aliphatic carbocycles. The van der Waals surface area contributed by atoms with Crippen molar-refractivity contribution in [3.8, 4) is 0 Å². The van der Waals surface area contributed by atoms with Crippen molar-refractivity contribution in [3.05, 3.63) is 11.8 Å². The number of hydrogen-bond donors (Lipinski definition) is 4. The van der Waals surface area contributed by atoms with Crippen molar-refractivity contribution in [2.24, 2.45) is 0 Å². The van der Waals surface area contributed by atoms with Crippen molar-refractivity contribution in [1.29, 1.82) is 0 Å². The van der Waals surface area contributed by atoms with Gasteiger partial charge >= 0.3 is 0 Å². The van der Waals surface area contributed by atoms with E-state index in [0.29, 0.717) is 12.1 Å². The van der Waals surface area contributed by atoms with E-state index in [0.717, 1.165) is 0 Å². The number of rotatable bonds is 4. The highest BCUT2D eigenvalue weighted by atomic mass is 16.3. The monoisotopic (exact) mass is 212 g/mol. The molecule has 0 radical (unpaired) electrons. The van der Waals surface area contributed by atoms with Crippen LogP contribution in [0.15, 0.2) is 6.07 Å². The molecule has 1 aromatic heterocycles. The quantitative estimate of drug-likeness (QED) is 0.558. The molecule has 0 fully saturated rings. The van der Waals surface area contributed by atoms with Crippen LogP contribution in [0.1, 0.15) is 30.8 Å². The second kappa shape index (κ2) is 4.31. The zero-order valence-corrected chi connectivity index (χ0v) is 8.87. The fourth-order valence-corrected chi connectivity index (χ4v) is 0.944. The highest BCUT2D eigenvalue weighted by molar-refractivity contribution is 5.92. The van der Waals surface area contributed by atoms with Gasteiger partial charge in [-0.15, -0.1) is 0 Å². The van der Waals surface area contributed by atoms with E-state index in [4.69, 9.17) is 5.73 Å². The van der Waals surface area contributed by atoms with Crippen LogP contribution in [0.3, 0.4) is 0 Å². The Bertz CT molecular complexity index is 346. The zero-order chi connectivity index (χ0) is 11.5. The first kappa shape index (κ1) is 11.5. The lowest BCUT2D eigenvalue weighted by Gasteiger charge is -2.21. The normalized spacial score (nSPS) is 14.6. The molecule has 0 aliphatic rings. The van der Waals surface area contributed by atoms with E-state index in [9.17, 15) is 9.90 Å². The molecule has 0 saturated heterocycles. The number of carbonyl (C=O) groups excluding carboxylic acids is 1. The number of hydrogen-bond acceptors (Lipinski definition) is 4. The molecule has 6 heteroatoms. The van der Waals surface area contributed by atoms with E-state index in [1.165, 1.54) is 6.07 Å². The molecule has 0 bridgehead atoms. The summed E-state index contributed by atoms with van der Waals surface area (Å²) in [4.78, 5) is 11.5. The van der Waals surface area contributed by atoms with E-state index < -0.39 is 5.60 Å².